The molecule has 0 unspecified atom stereocenters. The molecule has 2 aliphatic rings. The predicted molar refractivity (Wildman–Crippen MR) is 86.9 cm³/mol. The number of carbonyl (C=O) groups excluding carboxylic acids is 1. The first kappa shape index (κ1) is 16.6. The van der Waals surface area contributed by atoms with Gasteiger partial charge >= 0.3 is 0 Å². The third-order valence-corrected chi connectivity index (χ3v) is 4.36. The van der Waals surface area contributed by atoms with Gasteiger partial charge in [-0.25, -0.2) is 0 Å². The van der Waals surface area contributed by atoms with Gasteiger partial charge in [-0.05, 0) is 12.1 Å². The quantitative estimate of drug-likeness (QED) is 0.652. The van der Waals surface area contributed by atoms with E-state index < -0.39 is 11.2 Å². The molecule has 0 saturated carbocycles. The zero-order valence-corrected chi connectivity index (χ0v) is 13.8. The first-order valence-electron chi connectivity index (χ1n) is 8.10. The smallest absolute Gasteiger partial charge is 0.270 e. The number of carbonyl (C=O) groups is 1. The van der Waals surface area contributed by atoms with E-state index in [0.29, 0.717) is 30.1 Å². The van der Waals surface area contributed by atoms with Gasteiger partial charge in [0.1, 0.15) is 18.8 Å². The molecule has 1 N–H and O–H groups in total. The highest BCUT2D eigenvalue weighted by Gasteiger charge is 2.37. The zero-order chi connectivity index (χ0) is 17.3. The number of morpholine rings is 1. The van der Waals surface area contributed by atoms with E-state index in [4.69, 9.17) is 9.47 Å². The first-order valence-corrected chi connectivity index (χ1v) is 8.10. The monoisotopic (exact) mass is 333 g/mol. The van der Waals surface area contributed by atoms with Crippen LogP contribution < -0.4 is 9.64 Å². The number of hydrogen-bond acceptors (Lipinski definition) is 5. The highest BCUT2D eigenvalue weighted by Crippen LogP contribution is 2.32. The normalized spacial score (nSPS) is 21.0. The number of nitrogens with zero attached hydrogens (tertiary/aromatic N) is 1. The molecule has 1 aromatic carbocycles. The lowest BCUT2D eigenvalue weighted by Gasteiger charge is -2.34. The lowest BCUT2D eigenvalue weighted by Crippen LogP contribution is -3.18. The summed E-state index contributed by atoms with van der Waals surface area (Å²) in [5.41, 5.74) is 1.15. The summed E-state index contributed by atoms with van der Waals surface area (Å²) in [6.45, 7) is 6.47. The maximum Gasteiger partial charge on any atom is 0.270 e. The molecule has 2 heterocycles. The summed E-state index contributed by atoms with van der Waals surface area (Å²) in [7, 11) is 0. The summed E-state index contributed by atoms with van der Waals surface area (Å²) >= 11 is 0. The van der Waals surface area contributed by atoms with Gasteiger partial charge in [-0.15, -0.1) is 0 Å². The number of Topliss-reactive ketones (excluding diaryl/α,β-unsaturated/α-hetero) is 1. The molecule has 3 rings (SSSR count). The topological polar surface area (TPSA) is 83.1 Å². The van der Waals surface area contributed by atoms with Crippen molar-refractivity contribution in [2.24, 2.45) is 5.92 Å². The molecule has 2 aliphatic heterocycles. The van der Waals surface area contributed by atoms with Gasteiger partial charge in [-0.1, -0.05) is 13.8 Å². The van der Waals surface area contributed by atoms with E-state index >= 15 is 0 Å². The number of benzene rings is 1. The van der Waals surface area contributed by atoms with Crippen LogP contribution >= 0.6 is 0 Å². The summed E-state index contributed by atoms with van der Waals surface area (Å²) in [5.74, 6) is 0.420. The van der Waals surface area contributed by atoms with E-state index in [2.05, 4.69) is 0 Å². The molecule has 0 radical (unpaired) electrons. The SMILES string of the molecule is CC(C)C(=O)C1=Cc2cc([N+](=O)[O-])ccc2O[C@@H]1[NH+]1CCOCC1. The Kier molecular flexibility index (Phi) is 4.64. The summed E-state index contributed by atoms with van der Waals surface area (Å²) < 4.78 is 11.5. The van der Waals surface area contributed by atoms with Crippen molar-refractivity contribution in [1.82, 2.24) is 0 Å². The van der Waals surface area contributed by atoms with E-state index in [1.165, 1.54) is 12.1 Å². The van der Waals surface area contributed by atoms with Gasteiger partial charge in [-0.3, -0.25) is 19.8 Å². The fourth-order valence-electron chi connectivity index (χ4n) is 3.04. The Labute approximate surface area is 140 Å². The Balaban J connectivity index is 2.00. The molecule has 24 heavy (non-hydrogen) atoms. The number of ketones is 1. The predicted octanol–water partition coefficient (Wildman–Crippen LogP) is 0.837. The molecule has 0 amide bonds. The molecule has 1 saturated heterocycles. The minimum atomic E-state index is -0.447. The minimum Gasteiger partial charge on any atom is -0.438 e. The largest absolute Gasteiger partial charge is 0.438 e. The van der Waals surface area contributed by atoms with Gasteiger partial charge < -0.3 is 9.47 Å². The fourth-order valence-corrected chi connectivity index (χ4v) is 3.04. The van der Waals surface area contributed by atoms with E-state index in [1.807, 2.05) is 13.8 Å². The van der Waals surface area contributed by atoms with Crippen molar-refractivity contribution in [3.05, 3.63) is 39.4 Å². The molecule has 0 spiro atoms. The molecular weight excluding hydrogens is 312 g/mol. The van der Waals surface area contributed by atoms with Gasteiger partial charge in [0.25, 0.3) is 11.9 Å². The minimum absolute atomic E-state index is 0.0103. The number of nitrogens with one attached hydrogen (secondary N) is 1. The second kappa shape index (κ2) is 6.70. The molecule has 7 heteroatoms. The average molecular weight is 333 g/mol. The van der Waals surface area contributed by atoms with Crippen molar-refractivity contribution in [2.75, 3.05) is 26.3 Å². The number of hydrogen-bond donors (Lipinski definition) is 1. The standard InChI is InChI=1S/C17H20N2O5/c1-11(2)16(20)14-10-12-9-13(19(21)22)3-4-15(12)24-17(14)18-5-7-23-8-6-18/h3-4,9-11,17H,5-8H2,1-2H3/p+1/t17-/m0/s1. The molecule has 1 fully saturated rings. The van der Waals surface area contributed by atoms with Gasteiger partial charge in [0.05, 0.1) is 23.7 Å². The van der Waals surface area contributed by atoms with Crippen LogP contribution in [-0.2, 0) is 9.53 Å². The maximum absolute atomic E-state index is 12.7. The van der Waals surface area contributed by atoms with Crippen LogP contribution in [0.25, 0.3) is 6.08 Å². The number of quaternary nitrogens is 1. The highest BCUT2D eigenvalue weighted by atomic mass is 16.6. The fraction of sp³-hybridized carbons (Fsp3) is 0.471. The average Bonchev–Trinajstić information content (AvgIpc) is 2.60. The van der Waals surface area contributed by atoms with E-state index in [1.54, 1.807) is 12.1 Å². The molecule has 0 aromatic heterocycles. The molecule has 128 valence electrons. The van der Waals surface area contributed by atoms with Crippen LogP contribution in [0.15, 0.2) is 23.8 Å². The Morgan fingerprint density at radius 1 is 1.33 bits per heavy atom. The van der Waals surface area contributed by atoms with Crippen LogP contribution in [0.4, 0.5) is 5.69 Å². The molecule has 0 bridgehead atoms. The van der Waals surface area contributed by atoms with Crippen LogP contribution in [0.3, 0.4) is 0 Å². The number of non-ortho nitro benzene ring substituents is 1. The van der Waals surface area contributed by atoms with Crippen LogP contribution in [0, 0.1) is 16.0 Å². The number of ether oxygens (including phenoxy) is 2. The van der Waals surface area contributed by atoms with E-state index in [0.717, 1.165) is 18.0 Å². The van der Waals surface area contributed by atoms with E-state index in [9.17, 15) is 14.9 Å². The van der Waals surface area contributed by atoms with Crippen LogP contribution in [0.5, 0.6) is 5.75 Å². The molecule has 1 atom stereocenters. The Morgan fingerprint density at radius 2 is 2.04 bits per heavy atom. The molecule has 0 aliphatic carbocycles. The second-order valence-electron chi connectivity index (χ2n) is 6.37. The summed E-state index contributed by atoms with van der Waals surface area (Å²) in [6.07, 6.45) is 1.36. The third kappa shape index (κ3) is 3.18. The van der Waals surface area contributed by atoms with Crippen LogP contribution in [0.2, 0.25) is 0 Å². The number of nitro benzene ring substituents is 1. The molecule has 7 nitrogen and oxygen atoms in total. The Bertz CT molecular complexity index is 692. The molecular formula is C17H21N2O5+. The summed E-state index contributed by atoms with van der Waals surface area (Å²) in [4.78, 5) is 24.3. The van der Waals surface area contributed by atoms with Gasteiger partial charge in [-0.2, -0.15) is 0 Å². The first-order chi connectivity index (χ1) is 11.5. The zero-order valence-electron chi connectivity index (χ0n) is 13.8. The van der Waals surface area contributed by atoms with Crippen LogP contribution in [0.1, 0.15) is 19.4 Å². The van der Waals surface area contributed by atoms with Gasteiger partial charge in [0.2, 0.25) is 0 Å². The number of fused-ring (bicyclic) bond motifs is 1. The summed E-state index contributed by atoms with van der Waals surface area (Å²) in [6, 6.07) is 4.48. The lowest BCUT2D eigenvalue weighted by atomic mass is 9.94. The van der Waals surface area contributed by atoms with Crippen molar-refractivity contribution in [2.45, 2.75) is 20.1 Å². The highest BCUT2D eigenvalue weighted by molar-refractivity contribution is 6.02. The third-order valence-electron chi connectivity index (χ3n) is 4.36. The Hall–Kier alpha value is -2.25. The van der Waals surface area contributed by atoms with Crippen molar-refractivity contribution in [1.29, 1.82) is 0 Å². The number of rotatable bonds is 4. The van der Waals surface area contributed by atoms with E-state index in [-0.39, 0.29) is 17.4 Å². The number of nitro groups is 1. The van der Waals surface area contributed by atoms with Crippen molar-refractivity contribution >= 4 is 17.5 Å². The van der Waals surface area contributed by atoms with Crippen molar-refractivity contribution in [3.8, 4) is 5.75 Å². The Morgan fingerprint density at radius 3 is 2.67 bits per heavy atom. The van der Waals surface area contributed by atoms with Crippen molar-refractivity contribution < 1.29 is 24.1 Å². The van der Waals surface area contributed by atoms with Gasteiger partial charge in [0.15, 0.2) is 5.78 Å². The second-order valence-corrected chi connectivity index (χ2v) is 6.37. The molecule has 1 aromatic rings. The maximum atomic E-state index is 12.7. The van der Waals surface area contributed by atoms with Gasteiger partial charge in [0, 0.05) is 23.6 Å². The summed E-state index contributed by atoms with van der Waals surface area (Å²) in [5, 5.41) is 11.0. The van der Waals surface area contributed by atoms with Crippen LogP contribution in [-0.4, -0.2) is 43.2 Å². The van der Waals surface area contributed by atoms with Crippen molar-refractivity contribution in [3.63, 3.8) is 0 Å². The lowest BCUT2D eigenvalue weighted by molar-refractivity contribution is -0.944.